The molecule has 1 heterocycles. The highest BCUT2D eigenvalue weighted by Gasteiger charge is 2.12. The van der Waals surface area contributed by atoms with Gasteiger partial charge in [0.05, 0.1) is 5.69 Å². The van der Waals surface area contributed by atoms with E-state index >= 15 is 0 Å². The normalized spacial score (nSPS) is 10.7. The number of nitrogens with zero attached hydrogens (tertiary/aromatic N) is 2. The summed E-state index contributed by atoms with van der Waals surface area (Å²) in [5, 5.41) is 4.42. The summed E-state index contributed by atoms with van der Waals surface area (Å²) in [6.07, 6.45) is 0. The van der Waals surface area contributed by atoms with Gasteiger partial charge in [0.2, 0.25) is 0 Å². The molecule has 0 atom stereocenters. The van der Waals surface area contributed by atoms with E-state index in [1.54, 1.807) is 24.3 Å². The molecule has 3 aromatic rings. The SMILES string of the molecule is Cc1ccccc1-c1cc(N)n(-c2ccccc2F)n1. The van der Waals surface area contributed by atoms with Crippen LogP contribution >= 0.6 is 0 Å². The summed E-state index contributed by atoms with van der Waals surface area (Å²) in [6.45, 7) is 2.01. The molecule has 0 saturated carbocycles. The minimum Gasteiger partial charge on any atom is -0.384 e. The van der Waals surface area contributed by atoms with Crippen LogP contribution in [0.3, 0.4) is 0 Å². The lowest BCUT2D eigenvalue weighted by atomic mass is 10.1. The number of nitrogens with two attached hydrogens (primary N) is 1. The van der Waals surface area contributed by atoms with Crippen molar-refractivity contribution in [2.45, 2.75) is 6.92 Å². The maximum Gasteiger partial charge on any atom is 0.148 e. The van der Waals surface area contributed by atoms with Crippen LogP contribution in [0.5, 0.6) is 0 Å². The first-order valence-electron chi connectivity index (χ1n) is 6.33. The molecular formula is C16H14FN3. The third-order valence-corrected chi connectivity index (χ3v) is 3.24. The second-order valence-electron chi connectivity index (χ2n) is 4.63. The van der Waals surface area contributed by atoms with E-state index < -0.39 is 0 Å². The second-order valence-corrected chi connectivity index (χ2v) is 4.63. The quantitative estimate of drug-likeness (QED) is 0.771. The number of benzene rings is 2. The Morgan fingerprint density at radius 2 is 1.75 bits per heavy atom. The van der Waals surface area contributed by atoms with Crippen LogP contribution in [0.15, 0.2) is 54.6 Å². The van der Waals surface area contributed by atoms with Crippen LogP contribution in [0, 0.1) is 12.7 Å². The Morgan fingerprint density at radius 1 is 1.05 bits per heavy atom. The maximum atomic E-state index is 13.8. The molecule has 100 valence electrons. The van der Waals surface area contributed by atoms with Crippen molar-refractivity contribution in [1.82, 2.24) is 9.78 Å². The summed E-state index contributed by atoms with van der Waals surface area (Å²) in [7, 11) is 0. The molecule has 2 N–H and O–H groups in total. The summed E-state index contributed by atoms with van der Waals surface area (Å²) < 4.78 is 15.3. The Bertz CT molecular complexity index is 762. The summed E-state index contributed by atoms with van der Waals surface area (Å²) >= 11 is 0. The maximum absolute atomic E-state index is 13.8. The molecule has 0 unspecified atom stereocenters. The Hall–Kier alpha value is -2.62. The molecule has 0 amide bonds. The molecule has 0 fully saturated rings. The van der Waals surface area contributed by atoms with E-state index in [9.17, 15) is 4.39 Å². The van der Waals surface area contributed by atoms with E-state index in [1.807, 2.05) is 31.2 Å². The molecular weight excluding hydrogens is 253 g/mol. The Labute approximate surface area is 116 Å². The van der Waals surface area contributed by atoms with Crippen molar-refractivity contribution < 1.29 is 4.39 Å². The van der Waals surface area contributed by atoms with Gasteiger partial charge >= 0.3 is 0 Å². The van der Waals surface area contributed by atoms with Crippen molar-refractivity contribution >= 4 is 5.82 Å². The number of hydrogen-bond acceptors (Lipinski definition) is 2. The van der Waals surface area contributed by atoms with Gasteiger partial charge in [0.25, 0.3) is 0 Å². The minimum atomic E-state index is -0.348. The van der Waals surface area contributed by atoms with Gasteiger partial charge < -0.3 is 5.73 Å². The number of hydrogen-bond donors (Lipinski definition) is 1. The smallest absolute Gasteiger partial charge is 0.148 e. The zero-order chi connectivity index (χ0) is 14.1. The van der Waals surface area contributed by atoms with Crippen molar-refractivity contribution in [3.05, 3.63) is 66.0 Å². The van der Waals surface area contributed by atoms with Crippen LogP contribution in [0.25, 0.3) is 16.9 Å². The predicted molar refractivity (Wildman–Crippen MR) is 78.1 cm³/mol. The second kappa shape index (κ2) is 4.81. The third-order valence-electron chi connectivity index (χ3n) is 3.24. The van der Waals surface area contributed by atoms with Gasteiger partial charge in [-0.3, -0.25) is 0 Å². The molecule has 0 spiro atoms. The number of para-hydroxylation sites is 1. The number of aryl methyl sites for hydroxylation is 1. The fraction of sp³-hybridized carbons (Fsp3) is 0.0625. The van der Waals surface area contributed by atoms with E-state index in [1.165, 1.54) is 10.7 Å². The molecule has 2 aromatic carbocycles. The van der Waals surface area contributed by atoms with Crippen LogP contribution in [0.4, 0.5) is 10.2 Å². The lowest BCUT2D eigenvalue weighted by molar-refractivity contribution is 0.612. The first kappa shape index (κ1) is 12.4. The van der Waals surface area contributed by atoms with Gasteiger partial charge in [0.15, 0.2) is 0 Å². The van der Waals surface area contributed by atoms with Gasteiger partial charge in [-0.25, -0.2) is 9.07 Å². The summed E-state index contributed by atoms with van der Waals surface area (Å²) in [5.74, 6) is 0.0620. The summed E-state index contributed by atoms with van der Waals surface area (Å²) in [6, 6.07) is 16.1. The summed E-state index contributed by atoms with van der Waals surface area (Å²) in [5.41, 5.74) is 9.15. The topological polar surface area (TPSA) is 43.8 Å². The van der Waals surface area contributed by atoms with Gasteiger partial charge in [-0.15, -0.1) is 0 Å². The van der Waals surface area contributed by atoms with Crippen LogP contribution in [-0.2, 0) is 0 Å². The number of anilines is 1. The molecule has 1 aromatic heterocycles. The summed E-state index contributed by atoms with van der Waals surface area (Å²) in [4.78, 5) is 0. The third kappa shape index (κ3) is 2.05. The monoisotopic (exact) mass is 267 g/mol. The van der Waals surface area contributed by atoms with Crippen molar-refractivity contribution in [2.24, 2.45) is 0 Å². The lowest BCUT2D eigenvalue weighted by Crippen LogP contribution is -2.03. The first-order chi connectivity index (χ1) is 9.66. The van der Waals surface area contributed by atoms with Crippen LogP contribution in [-0.4, -0.2) is 9.78 Å². The highest BCUT2D eigenvalue weighted by molar-refractivity contribution is 5.66. The van der Waals surface area contributed by atoms with Gasteiger partial charge in [0.1, 0.15) is 17.3 Å². The Morgan fingerprint density at radius 3 is 2.50 bits per heavy atom. The first-order valence-corrected chi connectivity index (χ1v) is 6.33. The molecule has 3 nitrogen and oxygen atoms in total. The van der Waals surface area contributed by atoms with Gasteiger partial charge in [0, 0.05) is 11.6 Å². The van der Waals surface area contributed by atoms with Crippen molar-refractivity contribution in [3.63, 3.8) is 0 Å². The van der Waals surface area contributed by atoms with Crippen molar-refractivity contribution in [3.8, 4) is 16.9 Å². The molecule has 0 aliphatic carbocycles. The van der Waals surface area contributed by atoms with E-state index in [0.717, 1.165) is 16.8 Å². The van der Waals surface area contributed by atoms with Gasteiger partial charge in [-0.05, 0) is 24.6 Å². The van der Waals surface area contributed by atoms with Gasteiger partial charge in [-0.2, -0.15) is 5.10 Å². The predicted octanol–water partition coefficient (Wildman–Crippen LogP) is 3.57. The number of nitrogen functional groups attached to an aromatic ring is 1. The standard InChI is InChI=1S/C16H14FN3/c1-11-6-2-3-7-12(11)14-10-16(18)20(19-14)15-9-5-4-8-13(15)17/h2-10H,18H2,1H3. The highest BCUT2D eigenvalue weighted by Crippen LogP contribution is 2.26. The molecule has 3 rings (SSSR count). The Balaban J connectivity index is 2.13. The lowest BCUT2D eigenvalue weighted by Gasteiger charge is -2.05. The number of aromatic nitrogens is 2. The molecule has 0 aliphatic heterocycles. The zero-order valence-electron chi connectivity index (χ0n) is 11.0. The molecule has 4 heteroatoms. The van der Waals surface area contributed by atoms with Crippen molar-refractivity contribution in [1.29, 1.82) is 0 Å². The average Bonchev–Trinajstić information content (AvgIpc) is 2.81. The minimum absolute atomic E-state index is 0.348. The molecule has 0 saturated heterocycles. The Kier molecular flexibility index (Phi) is 2.99. The van der Waals surface area contributed by atoms with Crippen LogP contribution in [0.2, 0.25) is 0 Å². The van der Waals surface area contributed by atoms with Gasteiger partial charge in [-0.1, -0.05) is 36.4 Å². The van der Waals surface area contributed by atoms with Crippen LogP contribution < -0.4 is 5.73 Å². The molecule has 0 radical (unpaired) electrons. The van der Waals surface area contributed by atoms with Crippen molar-refractivity contribution in [2.75, 3.05) is 5.73 Å². The highest BCUT2D eigenvalue weighted by atomic mass is 19.1. The fourth-order valence-corrected chi connectivity index (χ4v) is 2.20. The van der Waals surface area contributed by atoms with Crippen LogP contribution in [0.1, 0.15) is 5.56 Å². The fourth-order valence-electron chi connectivity index (χ4n) is 2.20. The zero-order valence-corrected chi connectivity index (χ0v) is 11.0. The van der Waals surface area contributed by atoms with E-state index in [-0.39, 0.29) is 5.82 Å². The number of rotatable bonds is 2. The largest absolute Gasteiger partial charge is 0.384 e. The number of halogens is 1. The van der Waals surface area contributed by atoms with E-state index in [0.29, 0.717) is 11.5 Å². The molecule has 0 bridgehead atoms. The average molecular weight is 267 g/mol. The molecule has 0 aliphatic rings. The van der Waals surface area contributed by atoms with E-state index in [4.69, 9.17) is 5.73 Å². The molecule has 20 heavy (non-hydrogen) atoms. The van der Waals surface area contributed by atoms with E-state index in [2.05, 4.69) is 5.10 Å².